The zero-order valence-electron chi connectivity index (χ0n) is 14.9. The highest BCUT2D eigenvalue weighted by atomic mass is 32.1. The molecule has 1 aliphatic rings. The highest BCUT2D eigenvalue weighted by molar-refractivity contribution is 7.10. The molecule has 136 valence electrons. The Balaban J connectivity index is 1.92. The summed E-state index contributed by atoms with van der Waals surface area (Å²) in [5.41, 5.74) is 1.92. The summed E-state index contributed by atoms with van der Waals surface area (Å²) in [6.07, 6.45) is 2.23. The van der Waals surface area contributed by atoms with Gasteiger partial charge in [0.05, 0.1) is 13.2 Å². The molecule has 5 heteroatoms. The highest BCUT2D eigenvalue weighted by Gasteiger charge is 2.40. The van der Waals surface area contributed by atoms with Gasteiger partial charge >= 0.3 is 5.97 Å². The first-order valence-corrected chi connectivity index (χ1v) is 9.69. The van der Waals surface area contributed by atoms with Crippen LogP contribution in [0.3, 0.4) is 0 Å². The first-order chi connectivity index (χ1) is 12.6. The average Bonchev–Trinajstić information content (AvgIpc) is 3.16. The van der Waals surface area contributed by atoms with E-state index in [1.54, 1.807) is 24.3 Å². The molecule has 0 spiro atoms. The normalized spacial score (nSPS) is 19.8. The molecule has 0 amide bonds. The van der Waals surface area contributed by atoms with E-state index in [0.29, 0.717) is 13.0 Å². The quantitative estimate of drug-likeness (QED) is 0.556. The van der Waals surface area contributed by atoms with Gasteiger partial charge in [-0.2, -0.15) is 0 Å². The van der Waals surface area contributed by atoms with Crippen molar-refractivity contribution in [2.75, 3.05) is 13.2 Å². The van der Waals surface area contributed by atoms with Crippen molar-refractivity contribution in [1.82, 2.24) is 0 Å². The molecule has 4 nitrogen and oxygen atoms in total. The molecule has 2 aromatic rings. The lowest BCUT2D eigenvalue weighted by Crippen LogP contribution is -2.33. The van der Waals surface area contributed by atoms with Crippen molar-refractivity contribution >= 4 is 28.7 Å². The summed E-state index contributed by atoms with van der Waals surface area (Å²) in [7, 11) is 0. The summed E-state index contributed by atoms with van der Waals surface area (Å²) in [5, 5.41) is 1.97. The fraction of sp³-hybridized carbons (Fsp3) is 0.333. The van der Waals surface area contributed by atoms with E-state index in [1.807, 2.05) is 48.7 Å². The number of hydrogen-bond donors (Lipinski definition) is 0. The smallest absolute Gasteiger partial charge is 0.317 e. The van der Waals surface area contributed by atoms with Gasteiger partial charge in [-0.05, 0) is 61.1 Å². The van der Waals surface area contributed by atoms with E-state index in [2.05, 4.69) is 0 Å². The molecule has 0 saturated carbocycles. The SMILES string of the molecule is CCOC(=O)[C@H]1C(=O)C=C(c2ccc(OCC)cc2)C[C@@H]1c1cccs1. The van der Waals surface area contributed by atoms with Crippen LogP contribution < -0.4 is 4.74 Å². The molecule has 1 aromatic heterocycles. The number of ether oxygens (including phenoxy) is 2. The molecular weight excluding hydrogens is 348 g/mol. The number of rotatable bonds is 6. The molecule has 0 aliphatic heterocycles. The molecule has 0 saturated heterocycles. The lowest BCUT2D eigenvalue weighted by molar-refractivity contribution is -0.151. The van der Waals surface area contributed by atoms with Gasteiger partial charge in [0, 0.05) is 10.8 Å². The zero-order valence-corrected chi connectivity index (χ0v) is 15.8. The van der Waals surface area contributed by atoms with E-state index < -0.39 is 11.9 Å². The van der Waals surface area contributed by atoms with Gasteiger partial charge in [0.15, 0.2) is 5.78 Å². The first-order valence-electron chi connectivity index (χ1n) is 8.81. The first kappa shape index (κ1) is 18.4. The Labute approximate surface area is 157 Å². The standard InChI is InChI=1S/C21H22O4S/c1-3-24-16-9-7-14(8-10-16)15-12-17(19-6-5-11-26-19)20(18(22)13-15)21(23)25-4-2/h5-11,13,17,20H,3-4,12H2,1-2H3/t17-,20-/m1/s1. The number of benzene rings is 1. The van der Waals surface area contributed by atoms with E-state index in [9.17, 15) is 9.59 Å². The van der Waals surface area contributed by atoms with Crippen LogP contribution in [-0.2, 0) is 14.3 Å². The van der Waals surface area contributed by atoms with Gasteiger partial charge in [-0.25, -0.2) is 0 Å². The van der Waals surface area contributed by atoms with Crippen LogP contribution in [-0.4, -0.2) is 25.0 Å². The molecular formula is C21H22O4S. The van der Waals surface area contributed by atoms with Crippen LogP contribution in [0.1, 0.15) is 36.6 Å². The molecule has 1 heterocycles. The van der Waals surface area contributed by atoms with Gasteiger partial charge < -0.3 is 9.47 Å². The molecule has 0 fully saturated rings. The Kier molecular flexibility index (Phi) is 5.89. The molecule has 3 rings (SSSR count). The number of hydrogen-bond acceptors (Lipinski definition) is 5. The average molecular weight is 370 g/mol. The minimum Gasteiger partial charge on any atom is -0.494 e. The van der Waals surface area contributed by atoms with Crippen LogP contribution in [0.25, 0.3) is 5.57 Å². The van der Waals surface area contributed by atoms with Crippen LogP contribution in [0.15, 0.2) is 47.9 Å². The fourth-order valence-electron chi connectivity index (χ4n) is 3.29. The third-order valence-corrected chi connectivity index (χ3v) is 5.45. The molecule has 2 atom stereocenters. The topological polar surface area (TPSA) is 52.6 Å². The monoisotopic (exact) mass is 370 g/mol. The van der Waals surface area contributed by atoms with Crippen LogP contribution in [0, 0.1) is 5.92 Å². The van der Waals surface area contributed by atoms with Crippen molar-refractivity contribution < 1.29 is 19.1 Å². The second kappa shape index (κ2) is 8.32. The Morgan fingerprint density at radius 1 is 1.15 bits per heavy atom. The molecule has 0 N–H and O–H groups in total. The fourth-order valence-corrected chi connectivity index (χ4v) is 4.15. The number of esters is 1. The van der Waals surface area contributed by atoms with Crippen molar-refractivity contribution in [2.45, 2.75) is 26.2 Å². The molecule has 0 bridgehead atoms. The van der Waals surface area contributed by atoms with Crippen molar-refractivity contribution in [3.8, 4) is 5.75 Å². The molecule has 1 aliphatic carbocycles. The van der Waals surface area contributed by atoms with Crippen molar-refractivity contribution in [3.63, 3.8) is 0 Å². The third kappa shape index (κ3) is 3.88. The minimum absolute atomic E-state index is 0.183. The maximum absolute atomic E-state index is 12.8. The van der Waals surface area contributed by atoms with E-state index in [4.69, 9.17) is 9.47 Å². The number of carbonyl (C=O) groups is 2. The molecule has 1 aromatic carbocycles. The lowest BCUT2D eigenvalue weighted by atomic mass is 9.76. The Morgan fingerprint density at radius 2 is 1.92 bits per heavy atom. The molecule has 0 unspecified atom stereocenters. The number of thiophene rings is 1. The highest BCUT2D eigenvalue weighted by Crippen LogP contribution is 2.42. The van der Waals surface area contributed by atoms with E-state index >= 15 is 0 Å². The maximum Gasteiger partial charge on any atom is 0.317 e. The van der Waals surface area contributed by atoms with Crippen LogP contribution in [0.4, 0.5) is 0 Å². The van der Waals surface area contributed by atoms with Gasteiger partial charge in [-0.15, -0.1) is 11.3 Å². The number of carbonyl (C=O) groups excluding carboxylic acids is 2. The van der Waals surface area contributed by atoms with Gasteiger partial charge in [0.25, 0.3) is 0 Å². The summed E-state index contributed by atoms with van der Waals surface area (Å²) >= 11 is 1.57. The number of allylic oxidation sites excluding steroid dienone is 2. The largest absolute Gasteiger partial charge is 0.494 e. The van der Waals surface area contributed by atoms with Gasteiger partial charge in [0.2, 0.25) is 0 Å². The zero-order chi connectivity index (χ0) is 18.5. The van der Waals surface area contributed by atoms with E-state index in [1.165, 1.54) is 0 Å². The maximum atomic E-state index is 12.8. The van der Waals surface area contributed by atoms with Gasteiger partial charge in [-0.3, -0.25) is 9.59 Å². The lowest BCUT2D eigenvalue weighted by Gasteiger charge is -2.28. The predicted octanol–water partition coefficient (Wildman–Crippen LogP) is 4.47. The second-order valence-electron chi connectivity index (χ2n) is 6.09. The van der Waals surface area contributed by atoms with Crippen LogP contribution in [0.2, 0.25) is 0 Å². The molecule has 26 heavy (non-hydrogen) atoms. The summed E-state index contributed by atoms with van der Waals surface area (Å²) in [5.74, 6) is -0.763. The Hall–Kier alpha value is -2.40. The summed E-state index contributed by atoms with van der Waals surface area (Å²) in [6.45, 7) is 4.58. The number of ketones is 1. The van der Waals surface area contributed by atoms with Crippen LogP contribution >= 0.6 is 11.3 Å². The van der Waals surface area contributed by atoms with Crippen molar-refractivity contribution in [3.05, 3.63) is 58.3 Å². The van der Waals surface area contributed by atoms with Crippen molar-refractivity contribution in [1.29, 1.82) is 0 Å². The molecule has 0 radical (unpaired) electrons. The summed E-state index contributed by atoms with van der Waals surface area (Å²) in [6, 6.07) is 11.7. The summed E-state index contributed by atoms with van der Waals surface area (Å²) in [4.78, 5) is 26.2. The third-order valence-electron chi connectivity index (χ3n) is 4.45. The minimum atomic E-state index is -0.764. The van der Waals surface area contributed by atoms with E-state index in [-0.39, 0.29) is 18.3 Å². The predicted molar refractivity (Wildman–Crippen MR) is 102 cm³/mol. The van der Waals surface area contributed by atoms with Gasteiger partial charge in [0.1, 0.15) is 11.7 Å². The van der Waals surface area contributed by atoms with Crippen molar-refractivity contribution in [2.24, 2.45) is 5.92 Å². The second-order valence-corrected chi connectivity index (χ2v) is 7.06. The van der Waals surface area contributed by atoms with Gasteiger partial charge in [-0.1, -0.05) is 18.2 Å². The Morgan fingerprint density at radius 3 is 2.54 bits per heavy atom. The van der Waals surface area contributed by atoms with E-state index in [0.717, 1.165) is 21.8 Å². The Bertz CT molecular complexity index is 790. The summed E-state index contributed by atoms with van der Waals surface area (Å²) < 4.78 is 10.6. The van der Waals surface area contributed by atoms with Crippen LogP contribution in [0.5, 0.6) is 5.75 Å².